The number of nitrogens with one attached hydrogen (secondary N) is 1. The standard InChI is InChI=1S/C13H8BrClFN3S/c1-6-4-9(16)8(14)5-10(6)17-11-7-2-3-20-12(7)19-13(15)18-11/h2-5H,1H3,(H,17,18,19). The third-order valence-electron chi connectivity index (χ3n) is 2.82. The van der Waals surface area contributed by atoms with Gasteiger partial charge in [0, 0.05) is 5.69 Å². The normalized spacial score (nSPS) is 11.0. The Hall–Kier alpha value is -1.24. The SMILES string of the molecule is Cc1cc(F)c(Br)cc1Nc1nc(Cl)nc2sccc12. The summed E-state index contributed by atoms with van der Waals surface area (Å²) in [7, 11) is 0. The first kappa shape index (κ1) is 13.7. The number of thiophene rings is 1. The van der Waals surface area contributed by atoms with Gasteiger partial charge in [-0.05, 0) is 63.6 Å². The van der Waals surface area contributed by atoms with Gasteiger partial charge in [-0.15, -0.1) is 11.3 Å². The van der Waals surface area contributed by atoms with Crippen LogP contribution in [0.3, 0.4) is 0 Å². The van der Waals surface area contributed by atoms with Crippen LogP contribution >= 0.6 is 38.9 Å². The number of anilines is 2. The molecule has 0 aliphatic rings. The fraction of sp³-hybridized carbons (Fsp3) is 0.0769. The van der Waals surface area contributed by atoms with E-state index < -0.39 is 0 Å². The van der Waals surface area contributed by atoms with Crippen LogP contribution in [0.15, 0.2) is 28.1 Å². The predicted octanol–water partition coefficient (Wildman–Crippen LogP) is 5.30. The molecule has 0 saturated heterocycles. The minimum Gasteiger partial charge on any atom is -0.339 e. The summed E-state index contributed by atoms with van der Waals surface area (Å²) in [4.78, 5) is 9.17. The first-order valence-electron chi connectivity index (χ1n) is 5.68. The average molecular weight is 373 g/mol. The largest absolute Gasteiger partial charge is 0.339 e. The van der Waals surface area contributed by atoms with Crippen molar-refractivity contribution in [3.8, 4) is 0 Å². The number of aryl methyl sites for hydroxylation is 1. The molecule has 0 atom stereocenters. The Morgan fingerprint density at radius 2 is 2.15 bits per heavy atom. The zero-order valence-electron chi connectivity index (χ0n) is 10.2. The maximum atomic E-state index is 13.4. The van der Waals surface area contributed by atoms with E-state index in [4.69, 9.17) is 11.6 Å². The Morgan fingerprint density at radius 3 is 2.95 bits per heavy atom. The number of hydrogen-bond acceptors (Lipinski definition) is 4. The summed E-state index contributed by atoms with van der Waals surface area (Å²) in [6, 6.07) is 5.06. The van der Waals surface area contributed by atoms with Gasteiger partial charge in [-0.2, -0.15) is 4.98 Å². The van der Waals surface area contributed by atoms with Crippen molar-refractivity contribution in [3.05, 3.63) is 44.7 Å². The lowest BCUT2D eigenvalue weighted by Crippen LogP contribution is -1.98. The second-order valence-corrected chi connectivity index (χ2v) is 6.27. The molecule has 2 heterocycles. The lowest BCUT2D eigenvalue weighted by atomic mass is 10.2. The molecule has 3 aromatic rings. The van der Waals surface area contributed by atoms with E-state index in [-0.39, 0.29) is 11.1 Å². The number of rotatable bonds is 2. The lowest BCUT2D eigenvalue weighted by Gasteiger charge is -2.11. The van der Waals surface area contributed by atoms with Gasteiger partial charge < -0.3 is 5.32 Å². The Bertz CT molecular complexity index is 806. The first-order valence-corrected chi connectivity index (χ1v) is 7.73. The van der Waals surface area contributed by atoms with Gasteiger partial charge in [0.15, 0.2) is 0 Å². The maximum Gasteiger partial charge on any atom is 0.225 e. The monoisotopic (exact) mass is 371 g/mol. The van der Waals surface area contributed by atoms with Crippen LogP contribution in [0, 0.1) is 12.7 Å². The Labute approximate surface area is 132 Å². The van der Waals surface area contributed by atoms with E-state index in [1.54, 1.807) is 6.07 Å². The van der Waals surface area contributed by atoms with Crippen LogP contribution in [0.1, 0.15) is 5.56 Å². The third kappa shape index (κ3) is 2.51. The van der Waals surface area contributed by atoms with Crippen LogP contribution in [0.5, 0.6) is 0 Å². The molecule has 20 heavy (non-hydrogen) atoms. The minimum atomic E-state index is -0.297. The van der Waals surface area contributed by atoms with E-state index >= 15 is 0 Å². The molecule has 1 N–H and O–H groups in total. The van der Waals surface area contributed by atoms with Crippen molar-refractivity contribution in [1.29, 1.82) is 0 Å². The third-order valence-corrected chi connectivity index (χ3v) is 4.40. The number of nitrogens with zero attached hydrogens (tertiary/aromatic N) is 2. The number of halogens is 3. The smallest absolute Gasteiger partial charge is 0.225 e. The predicted molar refractivity (Wildman–Crippen MR) is 84.5 cm³/mol. The van der Waals surface area contributed by atoms with Crippen molar-refractivity contribution in [2.45, 2.75) is 6.92 Å². The molecule has 0 aliphatic heterocycles. The fourth-order valence-corrected chi connectivity index (χ4v) is 3.16. The highest BCUT2D eigenvalue weighted by Crippen LogP contribution is 2.31. The van der Waals surface area contributed by atoms with E-state index in [0.29, 0.717) is 10.3 Å². The molecule has 0 spiro atoms. The number of fused-ring (bicyclic) bond motifs is 1. The fourth-order valence-electron chi connectivity index (χ4n) is 1.83. The summed E-state index contributed by atoms with van der Waals surface area (Å²) >= 11 is 10.6. The number of aromatic nitrogens is 2. The lowest BCUT2D eigenvalue weighted by molar-refractivity contribution is 0.620. The highest BCUT2D eigenvalue weighted by Gasteiger charge is 2.11. The van der Waals surface area contributed by atoms with Crippen molar-refractivity contribution >= 4 is 60.6 Å². The highest BCUT2D eigenvalue weighted by molar-refractivity contribution is 9.10. The van der Waals surface area contributed by atoms with Crippen molar-refractivity contribution in [2.75, 3.05) is 5.32 Å². The molecule has 0 amide bonds. The van der Waals surface area contributed by atoms with Crippen LogP contribution in [0.25, 0.3) is 10.2 Å². The summed E-state index contributed by atoms with van der Waals surface area (Å²) < 4.78 is 13.8. The van der Waals surface area contributed by atoms with E-state index in [0.717, 1.165) is 21.5 Å². The van der Waals surface area contributed by atoms with Gasteiger partial charge in [0.1, 0.15) is 16.5 Å². The summed E-state index contributed by atoms with van der Waals surface area (Å²) in [5.74, 6) is 0.317. The van der Waals surface area contributed by atoms with Gasteiger partial charge in [0.05, 0.1) is 9.86 Å². The molecule has 2 aromatic heterocycles. The molecule has 0 bridgehead atoms. The molecule has 0 unspecified atom stereocenters. The Balaban J connectivity index is 2.09. The molecule has 0 saturated carbocycles. The minimum absolute atomic E-state index is 0.182. The summed E-state index contributed by atoms with van der Waals surface area (Å²) in [6.45, 7) is 1.82. The average Bonchev–Trinajstić information content (AvgIpc) is 2.84. The van der Waals surface area contributed by atoms with Crippen LogP contribution < -0.4 is 5.32 Å². The van der Waals surface area contributed by atoms with Crippen molar-refractivity contribution in [1.82, 2.24) is 9.97 Å². The van der Waals surface area contributed by atoms with Crippen molar-refractivity contribution in [3.63, 3.8) is 0 Å². The topological polar surface area (TPSA) is 37.8 Å². The molecule has 3 nitrogen and oxygen atoms in total. The first-order chi connectivity index (χ1) is 9.54. The Kier molecular flexibility index (Phi) is 3.62. The highest BCUT2D eigenvalue weighted by atomic mass is 79.9. The molecule has 3 rings (SSSR count). The van der Waals surface area contributed by atoms with Gasteiger partial charge in [-0.25, -0.2) is 9.37 Å². The summed E-state index contributed by atoms with van der Waals surface area (Å²) in [5.41, 5.74) is 1.55. The molecular formula is C13H8BrClFN3S. The second kappa shape index (κ2) is 5.27. The molecule has 0 aliphatic carbocycles. The molecule has 0 fully saturated rings. The van der Waals surface area contributed by atoms with E-state index in [9.17, 15) is 4.39 Å². The molecular weight excluding hydrogens is 365 g/mol. The quantitative estimate of drug-likeness (QED) is 0.620. The van der Waals surface area contributed by atoms with E-state index in [1.165, 1.54) is 17.4 Å². The van der Waals surface area contributed by atoms with E-state index in [2.05, 4.69) is 31.2 Å². The zero-order valence-corrected chi connectivity index (χ0v) is 13.4. The van der Waals surface area contributed by atoms with Gasteiger partial charge in [0.25, 0.3) is 0 Å². The second-order valence-electron chi connectivity index (χ2n) is 4.19. The molecule has 7 heteroatoms. The summed E-state index contributed by atoms with van der Waals surface area (Å²) in [5, 5.41) is 6.18. The van der Waals surface area contributed by atoms with Crippen LogP contribution in [-0.2, 0) is 0 Å². The van der Waals surface area contributed by atoms with Crippen LogP contribution in [0.2, 0.25) is 5.28 Å². The van der Waals surface area contributed by atoms with Crippen LogP contribution in [-0.4, -0.2) is 9.97 Å². The molecule has 1 aromatic carbocycles. The molecule has 0 radical (unpaired) electrons. The van der Waals surface area contributed by atoms with Gasteiger partial charge in [-0.1, -0.05) is 0 Å². The van der Waals surface area contributed by atoms with Gasteiger partial charge in [-0.3, -0.25) is 0 Å². The zero-order chi connectivity index (χ0) is 14.3. The van der Waals surface area contributed by atoms with Crippen molar-refractivity contribution < 1.29 is 4.39 Å². The number of benzene rings is 1. The van der Waals surface area contributed by atoms with Gasteiger partial charge >= 0.3 is 0 Å². The van der Waals surface area contributed by atoms with Crippen LogP contribution in [0.4, 0.5) is 15.9 Å². The van der Waals surface area contributed by atoms with Gasteiger partial charge in [0.2, 0.25) is 5.28 Å². The summed E-state index contributed by atoms with van der Waals surface area (Å²) in [6.07, 6.45) is 0. The van der Waals surface area contributed by atoms with E-state index in [1.807, 2.05) is 18.4 Å². The molecule has 102 valence electrons. The number of hydrogen-bond donors (Lipinski definition) is 1. The maximum absolute atomic E-state index is 13.4. The Morgan fingerprint density at radius 1 is 1.35 bits per heavy atom. The van der Waals surface area contributed by atoms with Crippen molar-refractivity contribution in [2.24, 2.45) is 0 Å².